The van der Waals surface area contributed by atoms with E-state index in [1.165, 1.54) is 12.8 Å². The molecule has 0 bridgehead atoms. The maximum atomic E-state index is 11.5. The first-order valence-electron chi connectivity index (χ1n) is 5.95. The average molecular weight is 208 g/mol. The highest BCUT2D eigenvalue weighted by atomic mass is 16.5. The molecule has 2 heteroatoms. The van der Waals surface area contributed by atoms with Crippen LogP contribution in [0.1, 0.15) is 52.4 Å². The van der Waals surface area contributed by atoms with Gasteiger partial charge in [0.2, 0.25) is 0 Å². The quantitative estimate of drug-likeness (QED) is 0.696. The molecule has 2 nitrogen and oxygen atoms in total. The number of hydrogen-bond donors (Lipinski definition) is 0. The second-order valence-corrected chi connectivity index (χ2v) is 5.62. The van der Waals surface area contributed by atoms with Gasteiger partial charge in [-0.25, -0.2) is 0 Å². The molecule has 0 aromatic rings. The number of ether oxygens (including phenoxy) is 1. The van der Waals surface area contributed by atoms with Gasteiger partial charge in [0.05, 0.1) is 6.10 Å². The summed E-state index contributed by atoms with van der Waals surface area (Å²) < 4.78 is 5.90. The average Bonchev–Trinajstić information content (AvgIpc) is 2.52. The van der Waals surface area contributed by atoms with Gasteiger partial charge < -0.3 is 4.74 Å². The van der Waals surface area contributed by atoms with Crippen LogP contribution in [-0.2, 0) is 9.53 Å². The first-order valence-corrected chi connectivity index (χ1v) is 5.95. The van der Waals surface area contributed by atoms with E-state index in [9.17, 15) is 4.79 Å². The summed E-state index contributed by atoms with van der Waals surface area (Å²) in [5, 5.41) is 0. The summed E-state index contributed by atoms with van der Waals surface area (Å²) in [6.45, 7) is 4.27. The Labute approximate surface area is 91.7 Å². The lowest BCUT2D eigenvalue weighted by Gasteiger charge is -2.30. The largest absolute Gasteiger partial charge is 0.495 e. The predicted octanol–water partition coefficient (Wildman–Crippen LogP) is 3.22. The second-order valence-electron chi connectivity index (χ2n) is 5.62. The number of carbonyl (C=O) groups excluding carboxylic acids is 1. The van der Waals surface area contributed by atoms with E-state index in [4.69, 9.17) is 4.74 Å². The summed E-state index contributed by atoms with van der Waals surface area (Å²) >= 11 is 0. The molecule has 0 atom stereocenters. The number of carbonyl (C=O) groups is 1. The number of rotatable bonds is 2. The van der Waals surface area contributed by atoms with Gasteiger partial charge in [0.15, 0.2) is 5.78 Å². The third kappa shape index (κ3) is 2.83. The highest BCUT2D eigenvalue weighted by molar-refractivity contribution is 5.91. The fourth-order valence-electron chi connectivity index (χ4n) is 2.58. The Hall–Kier alpha value is -0.790. The van der Waals surface area contributed by atoms with Crippen LogP contribution in [0.5, 0.6) is 0 Å². The van der Waals surface area contributed by atoms with E-state index < -0.39 is 0 Å². The van der Waals surface area contributed by atoms with Gasteiger partial charge in [-0.2, -0.15) is 0 Å². The predicted molar refractivity (Wildman–Crippen MR) is 59.4 cm³/mol. The van der Waals surface area contributed by atoms with Crippen LogP contribution in [0.15, 0.2) is 11.8 Å². The second kappa shape index (κ2) is 3.99. The zero-order valence-electron chi connectivity index (χ0n) is 9.71. The van der Waals surface area contributed by atoms with Crippen molar-refractivity contribution >= 4 is 5.78 Å². The fraction of sp³-hybridized carbons (Fsp3) is 0.769. The van der Waals surface area contributed by atoms with E-state index >= 15 is 0 Å². The normalized spacial score (nSPS) is 26.5. The van der Waals surface area contributed by atoms with Crippen LogP contribution in [0.3, 0.4) is 0 Å². The molecule has 0 saturated heterocycles. The Morgan fingerprint density at radius 1 is 1.27 bits per heavy atom. The third-order valence-corrected chi connectivity index (χ3v) is 3.25. The van der Waals surface area contributed by atoms with Crippen LogP contribution < -0.4 is 0 Å². The van der Waals surface area contributed by atoms with Crippen molar-refractivity contribution in [1.29, 1.82) is 0 Å². The lowest BCUT2D eigenvalue weighted by atomic mass is 9.79. The maximum Gasteiger partial charge on any atom is 0.159 e. The Morgan fingerprint density at radius 2 is 1.93 bits per heavy atom. The molecule has 0 unspecified atom stereocenters. The number of ketones is 1. The third-order valence-electron chi connectivity index (χ3n) is 3.25. The molecule has 0 aliphatic heterocycles. The van der Waals surface area contributed by atoms with Crippen molar-refractivity contribution in [1.82, 2.24) is 0 Å². The molecule has 2 aliphatic rings. The van der Waals surface area contributed by atoms with Gasteiger partial charge in [-0.15, -0.1) is 0 Å². The van der Waals surface area contributed by atoms with E-state index in [0.717, 1.165) is 25.0 Å². The van der Waals surface area contributed by atoms with Crippen LogP contribution in [0.2, 0.25) is 0 Å². The first kappa shape index (κ1) is 10.7. The fourth-order valence-corrected chi connectivity index (χ4v) is 2.58. The number of hydrogen-bond acceptors (Lipinski definition) is 2. The Morgan fingerprint density at radius 3 is 2.53 bits per heavy atom. The van der Waals surface area contributed by atoms with Crippen molar-refractivity contribution in [2.24, 2.45) is 5.41 Å². The van der Waals surface area contributed by atoms with E-state index in [0.29, 0.717) is 12.5 Å². The highest BCUT2D eigenvalue weighted by Crippen LogP contribution is 2.36. The van der Waals surface area contributed by atoms with Crippen molar-refractivity contribution in [3.05, 3.63) is 11.8 Å². The van der Waals surface area contributed by atoms with Gasteiger partial charge in [0.25, 0.3) is 0 Å². The minimum atomic E-state index is 0.0831. The monoisotopic (exact) mass is 208 g/mol. The molecule has 1 fully saturated rings. The molecule has 15 heavy (non-hydrogen) atoms. The smallest absolute Gasteiger partial charge is 0.159 e. The van der Waals surface area contributed by atoms with Crippen molar-refractivity contribution in [2.75, 3.05) is 0 Å². The molecular formula is C13H20O2. The van der Waals surface area contributed by atoms with Crippen LogP contribution in [0.4, 0.5) is 0 Å². The van der Waals surface area contributed by atoms with Gasteiger partial charge in [0.1, 0.15) is 5.76 Å². The molecule has 84 valence electrons. The summed E-state index contributed by atoms with van der Waals surface area (Å²) in [6.07, 6.45) is 8.52. The molecule has 0 aromatic carbocycles. The molecule has 0 heterocycles. The minimum Gasteiger partial charge on any atom is -0.495 e. The topological polar surface area (TPSA) is 26.3 Å². The van der Waals surface area contributed by atoms with Crippen LogP contribution in [0.25, 0.3) is 0 Å². The lowest BCUT2D eigenvalue weighted by molar-refractivity contribution is -0.117. The highest BCUT2D eigenvalue weighted by Gasteiger charge is 2.29. The standard InChI is InChI=1S/C13H20O2/c1-13(2)8-10(14)7-12(9-13)15-11-5-3-4-6-11/h7,11H,3-6,8-9H2,1-2H3. The van der Waals surface area contributed by atoms with Gasteiger partial charge >= 0.3 is 0 Å². The van der Waals surface area contributed by atoms with Crippen LogP contribution >= 0.6 is 0 Å². The molecule has 0 spiro atoms. The molecule has 2 rings (SSSR count). The van der Waals surface area contributed by atoms with E-state index in [1.54, 1.807) is 6.08 Å². The van der Waals surface area contributed by atoms with Gasteiger partial charge in [-0.05, 0) is 31.1 Å². The molecule has 2 aliphatic carbocycles. The molecule has 0 radical (unpaired) electrons. The van der Waals surface area contributed by atoms with Gasteiger partial charge in [-0.3, -0.25) is 4.79 Å². The van der Waals surface area contributed by atoms with Crippen LogP contribution in [0, 0.1) is 5.41 Å². The zero-order valence-corrected chi connectivity index (χ0v) is 9.71. The van der Waals surface area contributed by atoms with Crippen molar-refractivity contribution in [3.8, 4) is 0 Å². The van der Waals surface area contributed by atoms with E-state index in [2.05, 4.69) is 13.8 Å². The number of allylic oxidation sites excluding steroid dienone is 2. The minimum absolute atomic E-state index is 0.0831. The lowest BCUT2D eigenvalue weighted by Crippen LogP contribution is -2.24. The summed E-state index contributed by atoms with van der Waals surface area (Å²) in [4.78, 5) is 11.5. The summed E-state index contributed by atoms with van der Waals surface area (Å²) in [6, 6.07) is 0. The van der Waals surface area contributed by atoms with Crippen molar-refractivity contribution in [3.63, 3.8) is 0 Å². The first-order chi connectivity index (χ1) is 7.05. The maximum absolute atomic E-state index is 11.5. The Kier molecular flexibility index (Phi) is 2.85. The molecular weight excluding hydrogens is 188 g/mol. The Balaban J connectivity index is 1.98. The molecule has 0 N–H and O–H groups in total. The van der Waals surface area contributed by atoms with Gasteiger partial charge in [-0.1, -0.05) is 13.8 Å². The summed E-state index contributed by atoms with van der Waals surface area (Å²) in [5.74, 6) is 1.14. The summed E-state index contributed by atoms with van der Waals surface area (Å²) in [7, 11) is 0. The van der Waals surface area contributed by atoms with Crippen LogP contribution in [-0.4, -0.2) is 11.9 Å². The molecule has 1 saturated carbocycles. The summed E-state index contributed by atoms with van der Waals surface area (Å²) in [5.41, 5.74) is 0.0831. The van der Waals surface area contributed by atoms with Crippen molar-refractivity contribution < 1.29 is 9.53 Å². The van der Waals surface area contributed by atoms with Gasteiger partial charge in [0, 0.05) is 18.9 Å². The SMILES string of the molecule is CC1(C)CC(=O)C=C(OC2CCCC2)C1. The van der Waals surface area contributed by atoms with Crippen molar-refractivity contribution in [2.45, 2.75) is 58.5 Å². The Bertz CT molecular complexity index is 283. The molecule has 0 amide bonds. The van der Waals surface area contributed by atoms with E-state index in [1.807, 2.05) is 0 Å². The molecule has 0 aromatic heterocycles. The zero-order chi connectivity index (χ0) is 10.9. The van der Waals surface area contributed by atoms with E-state index in [-0.39, 0.29) is 11.2 Å².